The Morgan fingerprint density at radius 3 is 2.39 bits per heavy atom. The lowest BCUT2D eigenvalue weighted by molar-refractivity contribution is -0.135. The minimum atomic E-state index is -3.48. The third kappa shape index (κ3) is 10.8. The van der Waals surface area contributed by atoms with Crippen LogP contribution in [0, 0.1) is 6.92 Å². The lowest BCUT2D eigenvalue weighted by Gasteiger charge is -2.35. The van der Waals surface area contributed by atoms with Gasteiger partial charge in [0.1, 0.15) is 17.4 Å². The molecule has 6 heterocycles. The van der Waals surface area contributed by atoms with Crippen molar-refractivity contribution in [1.29, 1.82) is 0 Å². The third-order valence-electron chi connectivity index (χ3n) is 12.0. The van der Waals surface area contributed by atoms with Crippen LogP contribution in [-0.2, 0) is 48.9 Å². The van der Waals surface area contributed by atoms with E-state index in [1.807, 2.05) is 48.5 Å². The van der Waals surface area contributed by atoms with Gasteiger partial charge in [0.25, 0.3) is 5.91 Å². The first-order valence-corrected chi connectivity index (χ1v) is 24.1. The summed E-state index contributed by atoms with van der Waals surface area (Å²) in [6, 6.07) is 21.2. The number of amides is 3. The number of benzene rings is 2. The van der Waals surface area contributed by atoms with Crippen molar-refractivity contribution in [2.75, 3.05) is 70.3 Å². The molecule has 19 heteroatoms. The second-order valence-corrected chi connectivity index (χ2v) is 18.7. The van der Waals surface area contributed by atoms with Gasteiger partial charge in [0.15, 0.2) is 9.84 Å². The first-order chi connectivity index (χ1) is 31.8. The SMILES string of the molecule is Cc1ccc(C(=O)NCc2cc3nc(-c4cccc(N5CCN(CCOCCCOCCCc6ccc7c(c6)n(C)c(=O)n7C6CCC(=O)NC6=O)CC5)n4)ccc3nn2)cc1S(C)(=O)=O. The zero-order chi connectivity index (χ0) is 46.4. The molecule has 8 rings (SSSR count). The highest BCUT2D eigenvalue weighted by Gasteiger charge is 2.31. The van der Waals surface area contributed by atoms with Gasteiger partial charge in [-0.05, 0) is 98.3 Å². The number of anilines is 1. The Hall–Kier alpha value is -6.41. The highest BCUT2D eigenvalue weighted by atomic mass is 32.2. The van der Waals surface area contributed by atoms with Gasteiger partial charge in [-0.2, -0.15) is 5.10 Å². The summed E-state index contributed by atoms with van der Waals surface area (Å²) in [5.74, 6) is -0.290. The second-order valence-electron chi connectivity index (χ2n) is 16.8. The number of carbonyl (C=O) groups is 3. The van der Waals surface area contributed by atoms with E-state index in [1.165, 1.54) is 10.6 Å². The number of hydrogen-bond acceptors (Lipinski definition) is 14. The molecule has 0 radical (unpaired) electrons. The third-order valence-corrected chi connectivity index (χ3v) is 13.3. The van der Waals surface area contributed by atoms with Crippen molar-refractivity contribution in [3.05, 3.63) is 106 Å². The number of piperazine rings is 1. The Kier molecular flexibility index (Phi) is 14.3. The molecular weight excluding hydrogens is 865 g/mol. The van der Waals surface area contributed by atoms with Gasteiger partial charge >= 0.3 is 5.69 Å². The molecule has 2 aliphatic rings. The number of aryl methyl sites for hydroxylation is 3. The van der Waals surface area contributed by atoms with E-state index >= 15 is 0 Å². The van der Waals surface area contributed by atoms with Gasteiger partial charge in [0.2, 0.25) is 11.8 Å². The topological polar surface area (TPSA) is 213 Å². The number of piperidine rings is 1. The molecule has 2 aromatic carbocycles. The number of carbonyl (C=O) groups excluding carboxylic acids is 3. The van der Waals surface area contributed by atoms with Crippen molar-refractivity contribution in [2.24, 2.45) is 7.05 Å². The molecule has 66 heavy (non-hydrogen) atoms. The number of imide groups is 1. The van der Waals surface area contributed by atoms with E-state index in [2.05, 4.69) is 30.6 Å². The number of nitrogens with one attached hydrogen (secondary N) is 2. The number of imidazole rings is 1. The molecule has 0 aliphatic carbocycles. The van der Waals surface area contributed by atoms with Crippen molar-refractivity contribution in [1.82, 2.24) is 44.8 Å². The van der Waals surface area contributed by atoms with Crippen molar-refractivity contribution in [3.8, 4) is 11.4 Å². The predicted octanol–water partition coefficient (Wildman–Crippen LogP) is 3.54. The first kappa shape index (κ1) is 46.1. The van der Waals surface area contributed by atoms with E-state index in [1.54, 1.807) is 36.7 Å². The monoisotopic (exact) mass is 918 g/mol. The summed E-state index contributed by atoms with van der Waals surface area (Å²) in [6.07, 6.45) is 4.06. The number of ether oxygens (including phenoxy) is 2. The fraction of sp³-hybridized carbons (Fsp3) is 0.404. The minimum absolute atomic E-state index is 0.0839. The number of pyridine rings is 2. The molecule has 2 aliphatic heterocycles. The Morgan fingerprint density at radius 2 is 1.61 bits per heavy atom. The van der Waals surface area contributed by atoms with E-state index in [0.29, 0.717) is 66.3 Å². The van der Waals surface area contributed by atoms with Crippen LogP contribution in [0.2, 0.25) is 0 Å². The Bertz CT molecular complexity index is 2950. The Morgan fingerprint density at radius 1 is 0.833 bits per heavy atom. The maximum Gasteiger partial charge on any atom is 0.329 e. The molecule has 2 fully saturated rings. The number of hydrogen-bond donors (Lipinski definition) is 2. The largest absolute Gasteiger partial charge is 0.381 e. The summed E-state index contributed by atoms with van der Waals surface area (Å²) in [5, 5.41) is 13.7. The van der Waals surface area contributed by atoms with Crippen molar-refractivity contribution < 1.29 is 32.3 Å². The fourth-order valence-corrected chi connectivity index (χ4v) is 9.38. The molecule has 0 spiro atoms. The Balaban J connectivity index is 0.727. The van der Waals surface area contributed by atoms with Crippen molar-refractivity contribution in [2.45, 2.75) is 56.5 Å². The molecule has 4 aromatic heterocycles. The number of aromatic nitrogens is 6. The van der Waals surface area contributed by atoms with Gasteiger partial charge in [-0.15, -0.1) is 5.10 Å². The van der Waals surface area contributed by atoms with E-state index in [9.17, 15) is 27.6 Å². The summed E-state index contributed by atoms with van der Waals surface area (Å²) in [4.78, 5) is 64.6. The number of rotatable bonds is 18. The molecule has 6 aromatic rings. The normalized spacial score (nSPS) is 16.0. The van der Waals surface area contributed by atoms with Crippen LogP contribution in [0.4, 0.5) is 5.82 Å². The number of fused-ring (bicyclic) bond motifs is 2. The second kappa shape index (κ2) is 20.4. The zero-order valence-electron chi connectivity index (χ0n) is 37.4. The molecule has 1 unspecified atom stereocenters. The van der Waals surface area contributed by atoms with E-state index in [4.69, 9.17) is 19.4 Å². The van der Waals surface area contributed by atoms with Crippen LogP contribution in [0.1, 0.15) is 58.9 Å². The maximum absolute atomic E-state index is 13.0. The average molecular weight is 919 g/mol. The molecule has 346 valence electrons. The molecule has 0 saturated carbocycles. The maximum atomic E-state index is 13.0. The van der Waals surface area contributed by atoms with Crippen LogP contribution >= 0.6 is 0 Å². The molecule has 1 atom stereocenters. The Labute approximate surface area is 382 Å². The highest BCUT2D eigenvalue weighted by molar-refractivity contribution is 7.90. The van der Waals surface area contributed by atoms with E-state index in [-0.39, 0.29) is 35.0 Å². The summed E-state index contributed by atoms with van der Waals surface area (Å²) >= 11 is 0. The van der Waals surface area contributed by atoms with Gasteiger partial charge in [-0.25, -0.2) is 23.2 Å². The van der Waals surface area contributed by atoms with Crippen LogP contribution in [0.15, 0.2) is 82.5 Å². The summed E-state index contributed by atoms with van der Waals surface area (Å²) in [7, 11) is -1.78. The lowest BCUT2D eigenvalue weighted by Crippen LogP contribution is -2.47. The van der Waals surface area contributed by atoms with Crippen LogP contribution < -0.4 is 21.2 Å². The molecule has 0 bridgehead atoms. The smallest absolute Gasteiger partial charge is 0.329 e. The molecule has 2 saturated heterocycles. The summed E-state index contributed by atoms with van der Waals surface area (Å²) in [5.41, 5.74) is 6.20. The molecule has 3 amide bonds. The van der Waals surface area contributed by atoms with E-state index < -0.39 is 27.7 Å². The van der Waals surface area contributed by atoms with Crippen LogP contribution in [0.3, 0.4) is 0 Å². The van der Waals surface area contributed by atoms with Crippen LogP contribution in [-0.4, -0.2) is 126 Å². The van der Waals surface area contributed by atoms with E-state index in [0.717, 1.165) is 80.8 Å². The lowest BCUT2D eigenvalue weighted by atomic mass is 10.1. The minimum Gasteiger partial charge on any atom is -0.381 e. The number of nitrogens with zero attached hydrogens (tertiary/aromatic N) is 8. The molecule has 18 nitrogen and oxygen atoms in total. The standard InChI is InChI=1S/C47H54N10O8S/c1-31-10-12-33(28-42(31)66(3,62)63)45(59)48-30-34-29-38-37(53-52-34)14-13-36(49-38)35-8-4-9-43(50-35)56-20-18-55(19-21-56)22-26-65-25-6-24-64-23-5-7-32-11-15-39-41(27-32)54(2)47(61)57(39)40-16-17-44(58)51-46(40)60/h4,8-15,27-29,40H,5-7,16-26,30H2,1-3H3,(H,48,59)(H,51,58,60). The quantitative estimate of drug-likeness (QED) is 0.0933. The van der Waals surface area contributed by atoms with Crippen LogP contribution in [0.5, 0.6) is 0 Å². The van der Waals surface area contributed by atoms with Crippen molar-refractivity contribution >= 4 is 55.4 Å². The molecular formula is C47H54N10O8S. The van der Waals surface area contributed by atoms with Gasteiger partial charge in [0.05, 0.1) is 51.7 Å². The predicted molar refractivity (Wildman–Crippen MR) is 248 cm³/mol. The van der Waals surface area contributed by atoms with Gasteiger partial charge in [0, 0.05) is 77.8 Å². The van der Waals surface area contributed by atoms with Crippen molar-refractivity contribution in [3.63, 3.8) is 0 Å². The molecule has 2 N–H and O–H groups in total. The zero-order valence-corrected chi connectivity index (χ0v) is 38.2. The summed E-state index contributed by atoms with van der Waals surface area (Å²) in [6.45, 7) is 8.57. The van der Waals surface area contributed by atoms with Crippen LogP contribution in [0.25, 0.3) is 33.5 Å². The van der Waals surface area contributed by atoms with Gasteiger partial charge in [-0.3, -0.25) is 33.7 Å². The number of sulfone groups is 1. The van der Waals surface area contributed by atoms with Gasteiger partial charge < -0.3 is 19.7 Å². The fourth-order valence-electron chi connectivity index (χ4n) is 8.38. The summed E-state index contributed by atoms with van der Waals surface area (Å²) < 4.78 is 39.2. The highest BCUT2D eigenvalue weighted by Crippen LogP contribution is 2.25. The van der Waals surface area contributed by atoms with Gasteiger partial charge in [-0.1, -0.05) is 18.2 Å². The average Bonchev–Trinajstić information content (AvgIpc) is 3.55. The first-order valence-electron chi connectivity index (χ1n) is 22.2.